The fourth-order valence-corrected chi connectivity index (χ4v) is 3.94. The lowest BCUT2D eigenvalue weighted by Gasteiger charge is -2.30. The fraction of sp³-hybridized carbons (Fsp3) is 0.346. The molecule has 2 heterocycles. The molecule has 1 fully saturated rings. The molecule has 226 valence electrons. The van der Waals surface area contributed by atoms with Crippen LogP contribution in [0.3, 0.4) is 0 Å². The molecular weight excluding hydrogens is 567 g/mol. The summed E-state index contributed by atoms with van der Waals surface area (Å²) in [4.78, 5) is 37.8. The third-order valence-electron chi connectivity index (χ3n) is 6.00. The first-order chi connectivity index (χ1) is 19.8. The smallest absolute Gasteiger partial charge is 0.401 e. The Morgan fingerprint density at radius 1 is 1.19 bits per heavy atom. The first-order valence-corrected chi connectivity index (χ1v) is 12.7. The molecule has 1 aromatic heterocycles. The lowest BCUT2D eigenvalue weighted by atomic mass is 10.1. The van der Waals surface area contributed by atoms with E-state index in [1.54, 1.807) is 6.92 Å². The standard InChI is InChI=1S/C26H29F5N8O3/c1-3-18-25(42-20-10-19(36-21(40)4-2)16(27)9-17(20)28)38-24(22(37-18)23(33)41)35-15(11-32)12-34-14-5-7-39(8-6-14)13-26(29,30)31/h4,9-12,14H,2-3,5-8,13,32H2,1H3,(H2,33,41)(H,35,38)(H,36,40). The van der Waals surface area contributed by atoms with E-state index in [1.807, 2.05) is 0 Å². The normalized spacial score (nSPS) is 15.0. The van der Waals surface area contributed by atoms with Crippen molar-refractivity contribution in [1.29, 1.82) is 0 Å². The second-order valence-electron chi connectivity index (χ2n) is 9.10. The number of aryl methyl sites for hydroxylation is 1. The van der Waals surface area contributed by atoms with Crippen molar-refractivity contribution in [3.05, 3.63) is 59.7 Å². The summed E-state index contributed by atoms with van der Waals surface area (Å²) in [7, 11) is 0. The van der Waals surface area contributed by atoms with E-state index in [1.165, 1.54) is 11.1 Å². The molecule has 0 radical (unpaired) electrons. The van der Waals surface area contributed by atoms with E-state index in [0.29, 0.717) is 18.9 Å². The molecule has 1 aromatic carbocycles. The maximum atomic E-state index is 14.6. The number of hydrogen-bond donors (Lipinski definition) is 4. The molecule has 16 heteroatoms. The van der Waals surface area contributed by atoms with E-state index in [9.17, 15) is 31.5 Å². The number of amides is 2. The predicted octanol–water partition coefficient (Wildman–Crippen LogP) is 3.64. The minimum Gasteiger partial charge on any atom is -0.434 e. The molecule has 0 saturated carbocycles. The van der Waals surface area contributed by atoms with Gasteiger partial charge in [0.05, 0.1) is 24.0 Å². The van der Waals surface area contributed by atoms with Gasteiger partial charge in [0.2, 0.25) is 11.8 Å². The van der Waals surface area contributed by atoms with Crippen molar-refractivity contribution >= 4 is 29.5 Å². The Kier molecular flexibility index (Phi) is 10.5. The van der Waals surface area contributed by atoms with Gasteiger partial charge in [0.25, 0.3) is 5.91 Å². The summed E-state index contributed by atoms with van der Waals surface area (Å²) < 4.78 is 72.3. The number of ether oxygens (including phenoxy) is 1. The Hall–Kier alpha value is -4.60. The number of allylic oxidation sites excluding steroid dienone is 1. The van der Waals surface area contributed by atoms with Gasteiger partial charge >= 0.3 is 6.18 Å². The summed E-state index contributed by atoms with van der Waals surface area (Å²) in [6.45, 7) is 4.37. The number of nitrogens with one attached hydrogen (secondary N) is 2. The van der Waals surface area contributed by atoms with E-state index in [2.05, 4.69) is 32.2 Å². The number of alkyl halides is 3. The number of nitrogens with two attached hydrogens (primary N) is 2. The van der Waals surface area contributed by atoms with Gasteiger partial charge in [-0.3, -0.25) is 19.5 Å². The second kappa shape index (κ2) is 13.8. The van der Waals surface area contributed by atoms with Crippen LogP contribution in [0.1, 0.15) is 35.9 Å². The summed E-state index contributed by atoms with van der Waals surface area (Å²) in [5.41, 5.74) is 10.7. The lowest BCUT2D eigenvalue weighted by Crippen LogP contribution is -2.41. The van der Waals surface area contributed by atoms with Gasteiger partial charge in [-0.2, -0.15) is 18.2 Å². The molecule has 1 aliphatic rings. The minimum absolute atomic E-state index is 0.104. The zero-order chi connectivity index (χ0) is 31.0. The molecule has 3 rings (SSSR count). The van der Waals surface area contributed by atoms with Crippen LogP contribution in [0, 0.1) is 11.6 Å². The maximum absolute atomic E-state index is 14.6. The van der Waals surface area contributed by atoms with Crippen molar-refractivity contribution in [3.63, 3.8) is 0 Å². The monoisotopic (exact) mass is 596 g/mol. The van der Waals surface area contributed by atoms with Crippen molar-refractivity contribution in [2.24, 2.45) is 16.5 Å². The van der Waals surface area contributed by atoms with E-state index in [-0.39, 0.29) is 60.0 Å². The first-order valence-electron chi connectivity index (χ1n) is 12.7. The molecule has 6 N–H and O–H groups in total. The summed E-state index contributed by atoms with van der Waals surface area (Å²) >= 11 is 0. The Labute approximate surface area is 237 Å². The van der Waals surface area contributed by atoms with Gasteiger partial charge in [-0.05, 0) is 25.3 Å². The van der Waals surface area contributed by atoms with Gasteiger partial charge in [0.15, 0.2) is 23.1 Å². The molecule has 1 aliphatic heterocycles. The predicted molar refractivity (Wildman–Crippen MR) is 145 cm³/mol. The number of primary amides is 1. The molecule has 0 unspecified atom stereocenters. The minimum atomic E-state index is -4.28. The highest BCUT2D eigenvalue weighted by Gasteiger charge is 2.32. The van der Waals surface area contributed by atoms with E-state index < -0.39 is 41.9 Å². The number of piperidine rings is 1. The number of benzene rings is 1. The average Bonchev–Trinajstić information content (AvgIpc) is 2.93. The second-order valence-corrected chi connectivity index (χ2v) is 9.10. The van der Waals surface area contributed by atoms with Gasteiger partial charge in [-0.25, -0.2) is 13.8 Å². The van der Waals surface area contributed by atoms with Crippen LogP contribution < -0.4 is 26.8 Å². The number of hydrogen-bond acceptors (Lipinski definition) is 9. The van der Waals surface area contributed by atoms with Crippen LogP contribution in [0.15, 0.2) is 41.7 Å². The summed E-state index contributed by atoms with van der Waals surface area (Å²) in [5.74, 6) is -4.87. The summed E-state index contributed by atoms with van der Waals surface area (Å²) in [6, 6.07) is 1.13. The molecule has 0 atom stereocenters. The molecule has 42 heavy (non-hydrogen) atoms. The lowest BCUT2D eigenvalue weighted by molar-refractivity contribution is -0.147. The van der Waals surface area contributed by atoms with Crippen LogP contribution >= 0.6 is 0 Å². The topological polar surface area (TPSA) is 161 Å². The summed E-state index contributed by atoms with van der Waals surface area (Å²) in [6.07, 6.45) is -0.00311. The molecule has 2 aromatic rings. The van der Waals surface area contributed by atoms with Crippen LogP contribution in [0.2, 0.25) is 0 Å². The number of likely N-dealkylation sites (tertiary alicyclic amines) is 1. The zero-order valence-electron chi connectivity index (χ0n) is 22.5. The highest BCUT2D eigenvalue weighted by atomic mass is 19.4. The zero-order valence-corrected chi connectivity index (χ0v) is 22.5. The number of rotatable bonds is 11. The van der Waals surface area contributed by atoms with Gasteiger partial charge in [0, 0.05) is 37.6 Å². The summed E-state index contributed by atoms with van der Waals surface area (Å²) in [5, 5.41) is 4.94. The van der Waals surface area contributed by atoms with E-state index >= 15 is 0 Å². The Morgan fingerprint density at radius 2 is 1.88 bits per heavy atom. The van der Waals surface area contributed by atoms with Gasteiger partial charge in [-0.15, -0.1) is 0 Å². The Balaban J connectivity index is 1.85. The SMILES string of the molecule is C=CC(=O)Nc1cc(Oc2nc(NC(C=NC3CCN(CC(F)(F)F)CC3)=CN)c(C(N)=O)nc2CC)c(F)cc1F. The van der Waals surface area contributed by atoms with Crippen molar-refractivity contribution in [1.82, 2.24) is 14.9 Å². The number of carbonyl (C=O) groups is 2. The number of anilines is 2. The quantitative estimate of drug-likeness (QED) is 0.174. The number of aliphatic imine (C=N–C) groups is 1. The number of halogens is 5. The van der Waals surface area contributed by atoms with Crippen molar-refractivity contribution in [3.8, 4) is 11.6 Å². The molecule has 0 spiro atoms. The molecular formula is C26H29F5N8O3. The Bertz CT molecular complexity index is 1390. The first kappa shape index (κ1) is 31.9. The fourth-order valence-electron chi connectivity index (χ4n) is 3.94. The highest BCUT2D eigenvalue weighted by Crippen LogP contribution is 2.32. The third-order valence-corrected chi connectivity index (χ3v) is 6.00. The molecule has 11 nitrogen and oxygen atoms in total. The number of aromatic nitrogens is 2. The molecule has 2 amide bonds. The van der Waals surface area contributed by atoms with Gasteiger partial charge < -0.3 is 26.8 Å². The van der Waals surface area contributed by atoms with Crippen LogP contribution in [0.5, 0.6) is 11.6 Å². The number of carbonyl (C=O) groups excluding carboxylic acids is 2. The molecule has 1 saturated heterocycles. The van der Waals surface area contributed by atoms with Crippen LogP contribution in [-0.2, 0) is 11.2 Å². The maximum Gasteiger partial charge on any atom is 0.401 e. The molecule has 0 bridgehead atoms. The Morgan fingerprint density at radius 3 is 2.45 bits per heavy atom. The van der Waals surface area contributed by atoms with E-state index in [4.69, 9.17) is 16.2 Å². The van der Waals surface area contributed by atoms with E-state index in [0.717, 1.165) is 18.3 Å². The van der Waals surface area contributed by atoms with Gasteiger partial charge in [-0.1, -0.05) is 13.5 Å². The van der Waals surface area contributed by atoms with Crippen molar-refractivity contribution in [2.75, 3.05) is 30.3 Å². The largest absolute Gasteiger partial charge is 0.434 e. The van der Waals surface area contributed by atoms with Crippen molar-refractivity contribution < 1.29 is 36.3 Å². The average molecular weight is 597 g/mol. The van der Waals surface area contributed by atoms with Crippen LogP contribution in [-0.4, -0.2) is 64.7 Å². The number of nitrogens with zero attached hydrogens (tertiary/aromatic N) is 4. The van der Waals surface area contributed by atoms with Crippen LogP contribution in [0.25, 0.3) is 0 Å². The highest BCUT2D eigenvalue weighted by molar-refractivity contribution is 5.99. The molecule has 0 aliphatic carbocycles. The van der Waals surface area contributed by atoms with Crippen molar-refractivity contribution in [2.45, 2.75) is 38.4 Å². The third kappa shape index (κ3) is 8.70. The van der Waals surface area contributed by atoms with Crippen LogP contribution in [0.4, 0.5) is 33.5 Å². The van der Waals surface area contributed by atoms with Gasteiger partial charge in [0.1, 0.15) is 11.5 Å².